The highest BCUT2D eigenvalue weighted by atomic mass is 32.1. The molecule has 0 N–H and O–H groups in total. The summed E-state index contributed by atoms with van der Waals surface area (Å²) in [5.41, 5.74) is 3.21. The number of rotatable bonds is 3. The molecular formula is C18H19N3OS. The molecule has 23 heavy (non-hydrogen) atoms. The first-order chi connectivity index (χ1) is 11.3. The van der Waals surface area contributed by atoms with Gasteiger partial charge in [-0.25, -0.2) is 4.98 Å². The average molecular weight is 325 g/mol. The molecule has 1 aromatic carbocycles. The topological polar surface area (TPSA) is 38.1 Å². The number of aromatic nitrogens is 2. The van der Waals surface area contributed by atoms with Crippen molar-refractivity contribution in [2.24, 2.45) is 0 Å². The Morgan fingerprint density at radius 2 is 2.22 bits per heavy atom. The lowest BCUT2D eigenvalue weighted by Crippen LogP contribution is -2.35. The third-order valence-corrected chi connectivity index (χ3v) is 5.42. The largest absolute Gasteiger partial charge is 0.334 e. The second-order valence-corrected chi connectivity index (χ2v) is 6.84. The number of thiophene rings is 1. The SMILES string of the molecule is CC(C(=O)N1CCCC1c1ccsc1)n1cnc2ccccc21. The van der Waals surface area contributed by atoms with Gasteiger partial charge in [0.15, 0.2) is 0 Å². The number of carbonyl (C=O) groups is 1. The lowest BCUT2D eigenvalue weighted by molar-refractivity contribution is -0.135. The maximum Gasteiger partial charge on any atom is 0.245 e. The van der Waals surface area contributed by atoms with Gasteiger partial charge < -0.3 is 9.47 Å². The number of imidazole rings is 1. The minimum atomic E-state index is -0.235. The molecule has 2 aromatic heterocycles. The third-order valence-electron chi connectivity index (χ3n) is 4.72. The second kappa shape index (κ2) is 5.81. The molecule has 0 bridgehead atoms. The van der Waals surface area contributed by atoms with E-state index < -0.39 is 0 Å². The van der Waals surface area contributed by atoms with E-state index in [4.69, 9.17) is 0 Å². The van der Waals surface area contributed by atoms with E-state index in [-0.39, 0.29) is 18.0 Å². The molecule has 4 rings (SSSR count). The van der Waals surface area contributed by atoms with Crippen LogP contribution in [0.2, 0.25) is 0 Å². The van der Waals surface area contributed by atoms with E-state index in [1.807, 2.05) is 40.7 Å². The molecule has 1 saturated heterocycles. The van der Waals surface area contributed by atoms with Crippen LogP contribution in [0.5, 0.6) is 0 Å². The Hall–Kier alpha value is -2.14. The first-order valence-electron chi connectivity index (χ1n) is 8.00. The predicted octanol–water partition coefficient (Wildman–Crippen LogP) is 4.02. The number of nitrogens with zero attached hydrogens (tertiary/aromatic N) is 3. The van der Waals surface area contributed by atoms with Crippen molar-refractivity contribution in [2.75, 3.05) is 6.54 Å². The van der Waals surface area contributed by atoms with Crippen molar-refractivity contribution < 1.29 is 4.79 Å². The van der Waals surface area contributed by atoms with E-state index in [2.05, 4.69) is 21.8 Å². The molecule has 0 spiro atoms. The number of benzene rings is 1. The van der Waals surface area contributed by atoms with Gasteiger partial charge in [-0.15, -0.1) is 0 Å². The number of fused-ring (bicyclic) bond motifs is 1. The molecule has 2 atom stereocenters. The number of para-hydroxylation sites is 2. The normalized spacial score (nSPS) is 19.3. The van der Waals surface area contributed by atoms with Crippen LogP contribution in [-0.4, -0.2) is 26.9 Å². The Balaban J connectivity index is 1.63. The molecule has 5 heteroatoms. The van der Waals surface area contributed by atoms with E-state index >= 15 is 0 Å². The van der Waals surface area contributed by atoms with Crippen LogP contribution in [0.1, 0.15) is 37.4 Å². The van der Waals surface area contributed by atoms with Crippen molar-refractivity contribution in [3.8, 4) is 0 Å². The third kappa shape index (κ3) is 2.45. The van der Waals surface area contributed by atoms with Crippen LogP contribution in [0.4, 0.5) is 0 Å². The average Bonchev–Trinajstić information content (AvgIpc) is 3.31. The summed E-state index contributed by atoms with van der Waals surface area (Å²) in [4.78, 5) is 19.5. The quantitative estimate of drug-likeness (QED) is 0.729. The summed E-state index contributed by atoms with van der Waals surface area (Å²) < 4.78 is 1.99. The van der Waals surface area contributed by atoms with Crippen molar-refractivity contribution in [2.45, 2.75) is 31.8 Å². The fourth-order valence-corrected chi connectivity index (χ4v) is 4.19. The lowest BCUT2D eigenvalue weighted by atomic mass is 10.1. The molecule has 1 aliphatic heterocycles. The first kappa shape index (κ1) is 14.5. The zero-order chi connectivity index (χ0) is 15.8. The zero-order valence-electron chi connectivity index (χ0n) is 13.1. The van der Waals surface area contributed by atoms with Gasteiger partial charge in [0.2, 0.25) is 5.91 Å². The molecule has 1 aliphatic rings. The van der Waals surface area contributed by atoms with Crippen LogP contribution in [-0.2, 0) is 4.79 Å². The highest BCUT2D eigenvalue weighted by Crippen LogP contribution is 2.35. The summed E-state index contributed by atoms with van der Waals surface area (Å²) in [6.45, 7) is 2.82. The van der Waals surface area contributed by atoms with Crippen LogP contribution in [0.3, 0.4) is 0 Å². The van der Waals surface area contributed by atoms with E-state index in [0.717, 1.165) is 30.4 Å². The maximum atomic E-state index is 13.1. The van der Waals surface area contributed by atoms with Gasteiger partial charge in [-0.1, -0.05) is 12.1 Å². The standard InChI is InChI=1S/C18H19N3OS/c1-13(21-12-19-15-5-2-3-6-17(15)21)18(22)20-9-4-7-16(20)14-8-10-23-11-14/h2-3,5-6,8,10-13,16H,4,7,9H2,1H3. The zero-order valence-corrected chi connectivity index (χ0v) is 13.9. The van der Waals surface area contributed by atoms with Gasteiger partial charge >= 0.3 is 0 Å². The Morgan fingerprint density at radius 1 is 1.35 bits per heavy atom. The summed E-state index contributed by atoms with van der Waals surface area (Å²) in [5, 5.41) is 4.25. The molecule has 3 heterocycles. The molecule has 0 radical (unpaired) electrons. The van der Waals surface area contributed by atoms with Gasteiger partial charge in [0.1, 0.15) is 6.04 Å². The minimum absolute atomic E-state index is 0.182. The summed E-state index contributed by atoms with van der Waals surface area (Å²) in [7, 11) is 0. The highest BCUT2D eigenvalue weighted by Gasteiger charge is 2.33. The van der Waals surface area contributed by atoms with E-state index in [9.17, 15) is 4.79 Å². The number of amides is 1. The predicted molar refractivity (Wildman–Crippen MR) is 92.5 cm³/mol. The lowest BCUT2D eigenvalue weighted by Gasteiger charge is -2.28. The Labute approximate surface area is 139 Å². The molecule has 2 unspecified atom stereocenters. The monoisotopic (exact) mass is 325 g/mol. The van der Waals surface area contributed by atoms with E-state index in [0.29, 0.717) is 0 Å². The van der Waals surface area contributed by atoms with Gasteiger partial charge in [0.25, 0.3) is 0 Å². The number of carbonyl (C=O) groups excluding carboxylic acids is 1. The molecule has 4 nitrogen and oxygen atoms in total. The summed E-state index contributed by atoms with van der Waals surface area (Å²) >= 11 is 1.70. The van der Waals surface area contributed by atoms with Crippen molar-refractivity contribution in [3.63, 3.8) is 0 Å². The molecule has 0 saturated carbocycles. The molecule has 0 aliphatic carbocycles. The van der Waals surface area contributed by atoms with Gasteiger partial charge in [-0.05, 0) is 54.3 Å². The fraction of sp³-hybridized carbons (Fsp3) is 0.333. The smallest absolute Gasteiger partial charge is 0.245 e. The van der Waals surface area contributed by atoms with Gasteiger partial charge in [-0.2, -0.15) is 11.3 Å². The second-order valence-electron chi connectivity index (χ2n) is 6.06. The van der Waals surface area contributed by atoms with Crippen molar-refractivity contribution >= 4 is 28.3 Å². The summed E-state index contributed by atoms with van der Waals surface area (Å²) in [6.07, 6.45) is 3.91. The van der Waals surface area contributed by atoms with Gasteiger partial charge in [0, 0.05) is 6.54 Å². The molecular weight excluding hydrogens is 306 g/mol. The first-order valence-corrected chi connectivity index (χ1v) is 8.94. The van der Waals surface area contributed by atoms with Gasteiger partial charge in [0.05, 0.1) is 23.4 Å². The summed E-state index contributed by atoms with van der Waals surface area (Å²) in [6, 6.07) is 10.1. The molecule has 1 amide bonds. The van der Waals surface area contributed by atoms with Crippen LogP contribution < -0.4 is 0 Å². The molecule has 118 valence electrons. The number of hydrogen-bond donors (Lipinski definition) is 0. The molecule has 1 fully saturated rings. The van der Waals surface area contributed by atoms with Crippen molar-refractivity contribution in [1.29, 1.82) is 0 Å². The van der Waals surface area contributed by atoms with Crippen LogP contribution in [0, 0.1) is 0 Å². The van der Waals surface area contributed by atoms with E-state index in [1.165, 1.54) is 5.56 Å². The minimum Gasteiger partial charge on any atom is -0.334 e. The Bertz CT molecular complexity index is 824. The van der Waals surface area contributed by atoms with E-state index in [1.54, 1.807) is 17.7 Å². The molecule has 3 aromatic rings. The highest BCUT2D eigenvalue weighted by molar-refractivity contribution is 7.08. The van der Waals surface area contributed by atoms with Crippen molar-refractivity contribution in [3.05, 3.63) is 53.0 Å². The maximum absolute atomic E-state index is 13.1. The van der Waals surface area contributed by atoms with Gasteiger partial charge in [-0.3, -0.25) is 4.79 Å². The van der Waals surface area contributed by atoms with Crippen molar-refractivity contribution in [1.82, 2.24) is 14.5 Å². The fourth-order valence-electron chi connectivity index (χ4n) is 3.49. The van der Waals surface area contributed by atoms with Crippen LogP contribution in [0.25, 0.3) is 11.0 Å². The summed E-state index contributed by atoms with van der Waals surface area (Å²) in [5.74, 6) is 0.182. The number of hydrogen-bond acceptors (Lipinski definition) is 3. The Kier molecular flexibility index (Phi) is 3.65. The number of likely N-dealkylation sites (tertiary alicyclic amines) is 1. The van der Waals surface area contributed by atoms with Crippen LogP contribution in [0.15, 0.2) is 47.4 Å². The van der Waals surface area contributed by atoms with Crippen LogP contribution >= 0.6 is 11.3 Å². The Morgan fingerprint density at radius 3 is 3.04 bits per heavy atom.